The minimum atomic E-state index is -4.35. The molecule has 1 aromatic carbocycles. The molecular weight excluding hydrogens is 345 g/mol. The third-order valence-electron chi connectivity index (χ3n) is 5.10. The minimum absolute atomic E-state index is 0.0656. The Kier molecular flexibility index (Phi) is 6.72. The van der Waals surface area contributed by atoms with Crippen LogP contribution in [0, 0.1) is 17.8 Å². The van der Waals surface area contributed by atoms with Crippen molar-refractivity contribution in [1.29, 1.82) is 0 Å². The minimum Gasteiger partial charge on any atom is -0.360 e. The second kappa shape index (κ2) is 8.39. The van der Waals surface area contributed by atoms with Gasteiger partial charge in [0, 0.05) is 12.6 Å². The Labute approximate surface area is 153 Å². The molecule has 1 aliphatic rings. The Bertz CT molecular complexity index is 586. The van der Waals surface area contributed by atoms with E-state index in [0.717, 1.165) is 18.9 Å². The molecule has 3 unspecified atom stereocenters. The van der Waals surface area contributed by atoms with Gasteiger partial charge in [0.25, 0.3) is 0 Å². The van der Waals surface area contributed by atoms with Gasteiger partial charge < -0.3 is 10.6 Å². The molecule has 0 amide bonds. The van der Waals surface area contributed by atoms with E-state index < -0.39 is 11.7 Å². The zero-order valence-electron chi connectivity index (χ0n) is 15.0. The van der Waals surface area contributed by atoms with Gasteiger partial charge in [0.1, 0.15) is 0 Å². The lowest BCUT2D eigenvalue weighted by Gasteiger charge is -2.38. The fourth-order valence-electron chi connectivity index (χ4n) is 3.71. The highest BCUT2D eigenvalue weighted by molar-refractivity contribution is 7.80. The molecule has 0 bridgehead atoms. The first-order chi connectivity index (χ1) is 11.7. The van der Waals surface area contributed by atoms with Crippen LogP contribution < -0.4 is 10.6 Å². The molecule has 1 saturated carbocycles. The molecule has 2 rings (SSSR count). The molecule has 0 radical (unpaired) electrons. The maximum absolute atomic E-state index is 13.1. The largest absolute Gasteiger partial charge is 0.416 e. The Morgan fingerprint density at radius 1 is 1.24 bits per heavy atom. The van der Waals surface area contributed by atoms with Crippen molar-refractivity contribution in [3.63, 3.8) is 0 Å². The summed E-state index contributed by atoms with van der Waals surface area (Å²) in [6.07, 6.45) is -0.922. The standard InChI is InChI=1S/C19H27F3N2S/c1-12(2)15-9-8-13(3)10-17(15)24-18(25)23-11-14-6-4-5-7-16(14)19(20,21)22/h4-7,12-13,15,17H,8-11H2,1-3H3,(H2,23,24,25). The molecule has 1 fully saturated rings. The van der Waals surface area contributed by atoms with E-state index in [-0.39, 0.29) is 18.2 Å². The van der Waals surface area contributed by atoms with E-state index in [1.165, 1.54) is 18.6 Å². The van der Waals surface area contributed by atoms with Crippen LogP contribution in [0.2, 0.25) is 0 Å². The topological polar surface area (TPSA) is 24.1 Å². The number of nitrogens with one attached hydrogen (secondary N) is 2. The van der Waals surface area contributed by atoms with Crippen molar-refractivity contribution in [2.75, 3.05) is 0 Å². The molecule has 1 aliphatic carbocycles. The van der Waals surface area contributed by atoms with Gasteiger partial charge in [-0.25, -0.2) is 0 Å². The predicted octanol–water partition coefficient (Wildman–Crippen LogP) is 5.13. The Morgan fingerprint density at radius 2 is 1.92 bits per heavy atom. The summed E-state index contributed by atoms with van der Waals surface area (Å²) < 4.78 is 39.2. The van der Waals surface area contributed by atoms with Crippen LogP contribution in [-0.4, -0.2) is 11.2 Å². The third-order valence-corrected chi connectivity index (χ3v) is 5.36. The van der Waals surface area contributed by atoms with Gasteiger partial charge >= 0.3 is 6.18 Å². The smallest absolute Gasteiger partial charge is 0.360 e. The molecule has 2 nitrogen and oxygen atoms in total. The highest BCUT2D eigenvalue weighted by Crippen LogP contribution is 2.34. The van der Waals surface area contributed by atoms with E-state index >= 15 is 0 Å². The van der Waals surface area contributed by atoms with Gasteiger partial charge in [0.05, 0.1) is 5.56 Å². The Hall–Kier alpha value is -1.30. The van der Waals surface area contributed by atoms with Gasteiger partial charge in [0.15, 0.2) is 5.11 Å². The molecule has 3 atom stereocenters. The third kappa shape index (κ3) is 5.59. The molecule has 0 aliphatic heterocycles. The first kappa shape index (κ1) is 20.0. The van der Waals surface area contributed by atoms with Crippen LogP contribution in [0.15, 0.2) is 24.3 Å². The van der Waals surface area contributed by atoms with E-state index in [4.69, 9.17) is 12.2 Å². The fraction of sp³-hybridized carbons (Fsp3) is 0.632. The highest BCUT2D eigenvalue weighted by atomic mass is 32.1. The molecule has 1 aromatic rings. The van der Waals surface area contributed by atoms with E-state index in [1.54, 1.807) is 6.07 Å². The maximum atomic E-state index is 13.1. The summed E-state index contributed by atoms with van der Waals surface area (Å²) in [5.74, 6) is 1.73. The van der Waals surface area contributed by atoms with Gasteiger partial charge in [0.2, 0.25) is 0 Å². The van der Waals surface area contributed by atoms with Crippen molar-refractivity contribution in [2.45, 2.75) is 58.8 Å². The van der Waals surface area contributed by atoms with Crippen molar-refractivity contribution in [3.8, 4) is 0 Å². The van der Waals surface area contributed by atoms with E-state index in [9.17, 15) is 13.2 Å². The zero-order valence-corrected chi connectivity index (χ0v) is 15.8. The SMILES string of the molecule is CC1CCC(C(C)C)C(NC(=S)NCc2ccccc2C(F)(F)F)C1. The van der Waals surface area contributed by atoms with Crippen LogP contribution in [0.4, 0.5) is 13.2 Å². The number of halogens is 3. The van der Waals surface area contributed by atoms with E-state index in [2.05, 4.69) is 31.4 Å². The van der Waals surface area contributed by atoms with Gasteiger partial charge in [-0.2, -0.15) is 13.2 Å². The number of benzene rings is 1. The van der Waals surface area contributed by atoms with Gasteiger partial charge in [-0.05, 0) is 54.4 Å². The second-order valence-electron chi connectivity index (χ2n) is 7.41. The number of thiocarbonyl (C=S) groups is 1. The van der Waals surface area contributed by atoms with Crippen LogP contribution in [0.5, 0.6) is 0 Å². The van der Waals surface area contributed by atoms with Crippen LogP contribution >= 0.6 is 12.2 Å². The van der Waals surface area contributed by atoms with Crippen molar-refractivity contribution in [3.05, 3.63) is 35.4 Å². The van der Waals surface area contributed by atoms with Crippen molar-refractivity contribution >= 4 is 17.3 Å². The normalized spacial score (nSPS) is 24.2. The first-order valence-corrected chi connectivity index (χ1v) is 9.28. The lowest BCUT2D eigenvalue weighted by Crippen LogP contribution is -2.49. The Balaban J connectivity index is 1.97. The summed E-state index contributed by atoms with van der Waals surface area (Å²) in [6.45, 7) is 6.73. The molecule has 0 spiro atoms. The summed E-state index contributed by atoms with van der Waals surface area (Å²) in [6, 6.07) is 5.88. The summed E-state index contributed by atoms with van der Waals surface area (Å²) in [5, 5.41) is 6.73. The van der Waals surface area contributed by atoms with E-state index in [1.807, 2.05) is 0 Å². The van der Waals surface area contributed by atoms with Crippen LogP contribution in [0.1, 0.15) is 51.2 Å². The Morgan fingerprint density at radius 3 is 2.56 bits per heavy atom. The van der Waals surface area contributed by atoms with Gasteiger partial charge in [-0.3, -0.25) is 0 Å². The molecule has 0 heterocycles. The summed E-state index contributed by atoms with van der Waals surface area (Å²) in [7, 11) is 0. The van der Waals surface area contributed by atoms with Crippen molar-refractivity contribution < 1.29 is 13.2 Å². The summed E-state index contributed by atoms with van der Waals surface area (Å²) in [5.41, 5.74) is -0.409. The molecule has 6 heteroatoms. The number of rotatable bonds is 4. The van der Waals surface area contributed by atoms with Crippen molar-refractivity contribution in [2.24, 2.45) is 17.8 Å². The quantitative estimate of drug-likeness (QED) is 0.717. The van der Waals surface area contributed by atoms with Crippen LogP contribution in [0.3, 0.4) is 0 Å². The summed E-state index contributed by atoms with van der Waals surface area (Å²) >= 11 is 5.35. The molecular formula is C19H27F3N2S. The average Bonchev–Trinajstić information content (AvgIpc) is 2.52. The fourth-order valence-corrected chi connectivity index (χ4v) is 3.94. The molecule has 2 N–H and O–H groups in total. The average molecular weight is 373 g/mol. The lowest BCUT2D eigenvalue weighted by atomic mass is 9.74. The lowest BCUT2D eigenvalue weighted by molar-refractivity contribution is -0.138. The monoisotopic (exact) mass is 372 g/mol. The zero-order chi connectivity index (χ0) is 18.6. The molecule has 140 valence electrons. The molecule has 25 heavy (non-hydrogen) atoms. The predicted molar refractivity (Wildman–Crippen MR) is 99.1 cm³/mol. The van der Waals surface area contributed by atoms with Crippen LogP contribution in [-0.2, 0) is 12.7 Å². The van der Waals surface area contributed by atoms with Gasteiger partial charge in [-0.15, -0.1) is 0 Å². The highest BCUT2D eigenvalue weighted by Gasteiger charge is 2.33. The number of alkyl halides is 3. The number of hydrogen-bond donors (Lipinski definition) is 2. The van der Waals surface area contributed by atoms with Crippen molar-refractivity contribution in [1.82, 2.24) is 10.6 Å². The molecule has 0 aromatic heterocycles. The number of hydrogen-bond acceptors (Lipinski definition) is 1. The first-order valence-electron chi connectivity index (χ1n) is 8.88. The van der Waals surface area contributed by atoms with E-state index in [0.29, 0.717) is 22.9 Å². The summed E-state index contributed by atoms with van der Waals surface area (Å²) in [4.78, 5) is 0. The second-order valence-corrected chi connectivity index (χ2v) is 7.82. The van der Waals surface area contributed by atoms with Crippen LogP contribution in [0.25, 0.3) is 0 Å². The van der Waals surface area contributed by atoms with Gasteiger partial charge in [-0.1, -0.05) is 45.4 Å². The maximum Gasteiger partial charge on any atom is 0.416 e. The molecule has 0 saturated heterocycles.